The summed E-state index contributed by atoms with van der Waals surface area (Å²) < 4.78 is 0. The lowest BCUT2D eigenvalue weighted by Crippen LogP contribution is -2.65. The molecule has 1 aromatic rings. The summed E-state index contributed by atoms with van der Waals surface area (Å²) in [6.45, 7) is 17.3. The Bertz CT molecular complexity index is 460. The van der Waals surface area contributed by atoms with Crippen molar-refractivity contribution in [3.8, 4) is 0 Å². The number of nitrogens with one attached hydrogen (secondary N) is 1. The van der Waals surface area contributed by atoms with Crippen LogP contribution in [-0.2, 0) is 13.0 Å². The van der Waals surface area contributed by atoms with Gasteiger partial charge < -0.3 is 5.32 Å². The first-order valence-corrected chi connectivity index (χ1v) is 9.15. The molecule has 1 aromatic heterocycles. The van der Waals surface area contributed by atoms with Gasteiger partial charge in [-0.3, -0.25) is 4.90 Å². The van der Waals surface area contributed by atoms with E-state index in [0.29, 0.717) is 11.5 Å². The highest BCUT2D eigenvalue weighted by Gasteiger charge is 2.39. The molecule has 2 atom stereocenters. The molecule has 0 bridgehead atoms. The topological polar surface area (TPSA) is 15.3 Å². The fourth-order valence-corrected chi connectivity index (χ4v) is 4.22. The largest absolute Gasteiger partial charge is 0.309 e. The van der Waals surface area contributed by atoms with Crippen molar-refractivity contribution < 1.29 is 0 Å². The van der Waals surface area contributed by atoms with Crippen LogP contribution in [0.2, 0.25) is 0 Å². The zero-order chi connectivity index (χ0) is 15.7. The third-order valence-corrected chi connectivity index (χ3v) is 6.13. The number of aryl methyl sites for hydroxylation is 1. The van der Waals surface area contributed by atoms with Crippen LogP contribution in [0.25, 0.3) is 0 Å². The standard InChI is InChI=1S/C18H32N2S/c1-7-14-9-10-15(21-14)12-20-13-18(6,8-2)19-11-16(20)17(3,4)5/h9-10,16,19H,7-8,11-13H2,1-6H3. The van der Waals surface area contributed by atoms with Crippen LogP contribution in [0, 0.1) is 5.41 Å². The maximum Gasteiger partial charge on any atom is 0.0332 e. The van der Waals surface area contributed by atoms with Crippen molar-refractivity contribution in [3.05, 3.63) is 21.9 Å². The van der Waals surface area contributed by atoms with Gasteiger partial charge in [-0.2, -0.15) is 0 Å². The molecule has 2 heterocycles. The van der Waals surface area contributed by atoms with Crippen molar-refractivity contribution in [2.24, 2.45) is 5.41 Å². The molecule has 0 spiro atoms. The van der Waals surface area contributed by atoms with Crippen molar-refractivity contribution in [1.29, 1.82) is 0 Å². The Labute approximate surface area is 134 Å². The molecule has 0 aromatic carbocycles. The number of rotatable bonds is 4. The Morgan fingerprint density at radius 3 is 2.48 bits per heavy atom. The molecular weight excluding hydrogens is 276 g/mol. The number of nitrogens with zero attached hydrogens (tertiary/aromatic N) is 1. The molecule has 1 N–H and O–H groups in total. The molecule has 1 aliphatic rings. The molecule has 1 aliphatic heterocycles. The highest BCUT2D eigenvalue weighted by molar-refractivity contribution is 7.11. The van der Waals surface area contributed by atoms with E-state index in [1.165, 1.54) is 16.2 Å². The quantitative estimate of drug-likeness (QED) is 0.892. The first kappa shape index (κ1) is 17.0. The Balaban J connectivity index is 2.16. The lowest BCUT2D eigenvalue weighted by molar-refractivity contribution is 0.0211. The van der Waals surface area contributed by atoms with E-state index >= 15 is 0 Å². The van der Waals surface area contributed by atoms with Crippen LogP contribution in [0.3, 0.4) is 0 Å². The normalized spacial score (nSPS) is 28.0. The molecule has 1 saturated heterocycles. The van der Waals surface area contributed by atoms with Crippen LogP contribution in [0.15, 0.2) is 12.1 Å². The molecule has 1 fully saturated rings. The lowest BCUT2D eigenvalue weighted by Gasteiger charge is -2.50. The van der Waals surface area contributed by atoms with E-state index in [-0.39, 0.29) is 5.54 Å². The smallest absolute Gasteiger partial charge is 0.0332 e. The Morgan fingerprint density at radius 2 is 1.95 bits per heavy atom. The Morgan fingerprint density at radius 1 is 1.29 bits per heavy atom. The van der Waals surface area contributed by atoms with Gasteiger partial charge in [-0.1, -0.05) is 34.6 Å². The molecule has 0 aliphatic carbocycles. The summed E-state index contributed by atoms with van der Waals surface area (Å²) in [6.07, 6.45) is 2.34. The molecular formula is C18H32N2S. The van der Waals surface area contributed by atoms with Crippen LogP contribution < -0.4 is 5.32 Å². The zero-order valence-corrected chi connectivity index (χ0v) is 15.4. The second kappa shape index (κ2) is 6.39. The van der Waals surface area contributed by atoms with Crippen LogP contribution in [0.4, 0.5) is 0 Å². The van der Waals surface area contributed by atoms with Gasteiger partial charge in [-0.05, 0) is 37.3 Å². The fraction of sp³-hybridized carbons (Fsp3) is 0.778. The summed E-state index contributed by atoms with van der Waals surface area (Å²) in [6, 6.07) is 5.23. The summed E-state index contributed by atoms with van der Waals surface area (Å²) >= 11 is 1.98. The minimum absolute atomic E-state index is 0.257. The monoisotopic (exact) mass is 308 g/mol. The number of hydrogen-bond acceptors (Lipinski definition) is 3. The molecule has 2 rings (SSSR count). The van der Waals surface area contributed by atoms with Gasteiger partial charge in [0.25, 0.3) is 0 Å². The highest BCUT2D eigenvalue weighted by Crippen LogP contribution is 2.32. The summed E-state index contributed by atoms with van der Waals surface area (Å²) in [4.78, 5) is 5.73. The minimum atomic E-state index is 0.257. The molecule has 0 radical (unpaired) electrons. The first-order chi connectivity index (χ1) is 9.77. The molecule has 0 saturated carbocycles. The van der Waals surface area contributed by atoms with Gasteiger partial charge in [-0.15, -0.1) is 11.3 Å². The molecule has 21 heavy (non-hydrogen) atoms. The van der Waals surface area contributed by atoms with E-state index in [1.54, 1.807) is 0 Å². The molecule has 3 heteroatoms. The van der Waals surface area contributed by atoms with Gasteiger partial charge in [0.15, 0.2) is 0 Å². The third kappa shape index (κ3) is 4.08. The minimum Gasteiger partial charge on any atom is -0.309 e. The second-order valence-electron chi connectivity index (χ2n) is 7.80. The maximum absolute atomic E-state index is 3.80. The van der Waals surface area contributed by atoms with Crippen LogP contribution in [-0.4, -0.2) is 29.6 Å². The van der Waals surface area contributed by atoms with Crippen LogP contribution in [0.5, 0.6) is 0 Å². The van der Waals surface area contributed by atoms with Gasteiger partial charge in [0, 0.05) is 41.0 Å². The SMILES string of the molecule is CCc1ccc(CN2CC(C)(CC)NCC2C(C)(C)C)s1. The summed E-state index contributed by atoms with van der Waals surface area (Å²) in [7, 11) is 0. The second-order valence-corrected chi connectivity index (χ2v) is 9.06. The summed E-state index contributed by atoms with van der Waals surface area (Å²) in [5.41, 5.74) is 0.569. The van der Waals surface area contributed by atoms with Crippen LogP contribution in [0.1, 0.15) is 57.7 Å². The van der Waals surface area contributed by atoms with E-state index in [1.807, 2.05) is 11.3 Å². The third-order valence-electron chi connectivity index (χ3n) is 4.92. The van der Waals surface area contributed by atoms with E-state index in [2.05, 4.69) is 63.9 Å². The maximum atomic E-state index is 3.80. The number of thiophene rings is 1. The summed E-state index contributed by atoms with van der Waals surface area (Å²) in [5, 5.41) is 3.80. The number of piperazine rings is 1. The van der Waals surface area contributed by atoms with E-state index in [4.69, 9.17) is 0 Å². The fourth-order valence-electron chi connectivity index (χ4n) is 3.24. The Hall–Kier alpha value is -0.380. The van der Waals surface area contributed by atoms with Crippen LogP contribution >= 0.6 is 11.3 Å². The van der Waals surface area contributed by atoms with E-state index in [9.17, 15) is 0 Å². The van der Waals surface area contributed by atoms with Gasteiger partial charge in [0.2, 0.25) is 0 Å². The number of hydrogen-bond donors (Lipinski definition) is 1. The van der Waals surface area contributed by atoms with Crippen molar-refractivity contribution >= 4 is 11.3 Å². The van der Waals surface area contributed by atoms with Gasteiger partial charge >= 0.3 is 0 Å². The molecule has 120 valence electrons. The lowest BCUT2D eigenvalue weighted by atomic mass is 9.81. The molecule has 2 nitrogen and oxygen atoms in total. The predicted octanol–water partition coefficient (Wildman–Crippen LogP) is 4.30. The van der Waals surface area contributed by atoms with Crippen molar-refractivity contribution in [3.63, 3.8) is 0 Å². The van der Waals surface area contributed by atoms with Gasteiger partial charge in [0.1, 0.15) is 0 Å². The van der Waals surface area contributed by atoms with Crippen molar-refractivity contribution in [1.82, 2.24) is 10.2 Å². The molecule has 2 unspecified atom stereocenters. The molecule has 0 amide bonds. The predicted molar refractivity (Wildman–Crippen MR) is 94.0 cm³/mol. The summed E-state index contributed by atoms with van der Waals surface area (Å²) in [5.74, 6) is 0. The first-order valence-electron chi connectivity index (χ1n) is 8.34. The average molecular weight is 309 g/mol. The van der Waals surface area contributed by atoms with Gasteiger partial charge in [0.05, 0.1) is 0 Å². The van der Waals surface area contributed by atoms with E-state index < -0.39 is 0 Å². The van der Waals surface area contributed by atoms with Crippen molar-refractivity contribution in [2.45, 2.75) is 72.5 Å². The zero-order valence-electron chi connectivity index (χ0n) is 14.6. The highest BCUT2D eigenvalue weighted by atomic mass is 32.1. The average Bonchev–Trinajstić information content (AvgIpc) is 2.85. The van der Waals surface area contributed by atoms with Gasteiger partial charge in [-0.25, -0.2) is 0 Å². The van der Waals surface area contributed by atoms with E-state index in [0.717, 1.165) is 26.1 Å². The van der Waals surface area contributed by atoms with Crippen molar-refractivity contribution in [2.75, 3.05) is 13.1 Å². The Kier molecular flexibility index (Phi) is 5.17.